The first kappa shape index (κ1) is 24.3. The van der Waals surface area contributed by atoms with Gasteiger partial charge in [0.25, 0.3) is 5.91 Å². The Morgan fingerprint density at radius 2 is 1.83 bits per heavy atom. The number of benzene rings is 2. The lowest BCUT2D eigenvalue weighted by Crippen LogP contribution is -2.29. The van der Waals surface area contributed by atoms with Crippen molar-refractivity contribution in [3.05, 3.63) is 85.2 Å². The van der Waals surface area contributed by atoms with Gasteiger partial charge in [0, 0.05) is 4.88 Å². The van der Waals surface area contributed by atoms with Gasteiger partial charge in [-0.05, 0) is 75.1 Å². The van der Waals surface area contributed by atoms with E-state index in [2.05, 4.69) is 11.9 Å². The Kier molecular flexibility index (Phi) is 6.43. The Morgan fingerprint density at radius 1 is 1.06 bits per heavy atom. The van der Waals surface area contributed by atoms with Gasteiger partial charge in [-0.1, -0.05) is 31.9 Å². The molecule has 1 amide bonds. The maximum Gasteiger partial charge on any atom is 0.297 e. The molecular formula is C29H30N2O4S. The smallest absolute Gasteiger partial charge is 0.297 e. The van der Waals surface area contributed by atoms with Crippen LogP contribution in [0.4, 0.5) is 5.13 Å². The number of fused-ring (bicyclic) bond motifs is 2. The summed E-state index contributed by atoms with van der Waals surface area (Å²) < 4.78 is 12.1. The van der Waals surface area contributed by atoms with Gasteiger partial charge in [0.05, 0.1) is 29.3 Å². The van der Waals surface area contributed by atoms with Gasteiger partial charge < -0.3 is 9.15 Å². The zero-order chi connectivity index (χ0) is 25.6. The molecule has 4 aromatic rings. The van der Waals surface area contributed by atoms with Crippen LogP contribution in [-0.4, -0.2) is 17.5 Å². The van der Waals surface area contributed by atoms with Crippen molar-refractivity contribution in [3.63, 3.8) is 0 Å². The zero-order valence-corrected chi connectivity index (χ0v) is 22.1. The number of carbonyl (C=O) groups excluding carboxylic acids is 1. The van der Waals surface area contributed by atoms with Crippen molar-refractivity contribution in [2.75, 3.05) is 11.5 Å². The Bertz CT molecular complexity index is 1520. The van der Waals surface area contributed by atoms with E-state index in [1.54, 1.807) is 4.90 Å². The number of thiazole rings is 1. The van der Waals surface area contributed by atoms with Crippen LogP contribution in [0.5, 0.6) is 5.75 Å². The number of rotatable bonds is 7. The first-order valence-corrected chi connectivity index (χ1v) is 13.2. The largest absolute Gasteiger partial charge is 0.494 e. The number of unbranched alkanes of at least 4 members (excludes halogenated alkanes) is 2. The monoisotopic (exact) mass is 502 g/mol. The minimum Gasteiger partial charge on any atom is -0.494 e. The number of ether oxygens (including phenoxy) is 1. The minimum atomic E-state index is -0.654. The topological polar surface area (TPSA) is 72.6 Å². The number of hydrogen-bond donors (Lipinski definition) is 0. The highest BCUT2D eigenvalue weighted by molar-refractivity contribution is 7.15. The predicted octanol–water partition coefficient (Wildman–Crippen LogP) is 6.80. The highest BCUT2D eigenvalue weighted by Gasteiger charge is 2.45. The second-order valence-corrected chi connectivity index (χ2v) is 10.6. The van der Waals surface area contributed by atoms with Gasteiger partial charge in [-0.15, -0.1) is 11.3 Å². The summed E-state index contributed by atoms with van der Waals surface area (Å²) in [6.45, 7) is 10.6. The standard InChI is InChI=1S/C29H30N2O4S/c1-6-7-8-12-34-21-11-9-10-20(15-21)25-24-26(32)22-13-16(2)17(3)14-23(22)35-27(24)28(33)31(25)29-30-18(4)19(5)36-29/h9-11,13-15,25H,6-8,12H2,1-5H3. The molecule has 0 fully saturated rings. The molecule has 0 saturated heterocycles. The van der Waals surface area contributed by atoms with Crippen LogP contribution in [0, 0.1) is 27.7 Å². The molecule has 0 bridgehead atoms. The molecule has 0 spiro atoms. The number of nitrogens with zero attached hydrogens (tertiary/aromatic N) is 2. The summed E-state index contributed by atoms with van der Waals surface area (Å²) in [6.07, 6.45) is 3.20. The van der Waals surface area contributed by atoms with Crippen LogP contribution in [-0.2, 0) is 0 Å². The number of amides is 1. The van der Waals surface area contributed by atoms with E-state index in [1.165, 1.54) is 11.3 Å². The zero-order valence-electron chi connectivity index (χ0n) is 21.3. The minimum absolute atomic E-state index is 0.0838. The molecule has 7 heteroatoms. The van der Waals surface area contributed by atoms with Crippen LogP contribution in [0.3, 0.4) is 0 Å². The summed E-state index contributed by atoms with van der Waals surface area (Å²) in [7, 11) is 0. The van der Waals surface area contributed by atoms with Crippen LogP contribution in [0.2, 0.25) is 0 Å². The van der Waals surface area contributed by atoms with E-state index in [1.807, 2.05) is 64.1 Å². The van der Waals surface area contributed by atoms with E-state index in [-0.39, 0.29) is 17.1 Å². The van der Waals surface area contributed by atoms with Gasteiger partial charge in [-0.3, -0.25) is 14.5 Å². The van der Waals surface area contributed by atoms with Crippen molar-refractivity contribution in [2.24, 2.45) is 0 Å². The normalized spacial score (nSPS) is 15.1. The Balaban J connectivity index is 1.69. The predicted molar refractivity (Wildman–Crippen MR) is 144 cm³/mol. The van der Waals surface area contributed by atoms with Gasteiger partial charge in [0.2, 0.25) is 5.76 Å². The lowest BCUT2D eigenvalue weighted by molar-refractivity contribution is 0.0971. The number of aryl methyl sites for hydroxylation is 4. The fourth-order valence-corrected chi connectivity index (χ4v) is 5.55. The second-order valence-electron chi connectivity index (χ2n) is 9.45. The van der Waals surface area contributed by atoms with Crippen LogP contribution in [0.25, 0.3) is 11.0 Å². The van der Waals surface area contributed by atoms with E-state index in [0.717, 1.165) is 46.5 Å². The number of hydrogen-bond acceptors (Lipinski definition) is 6. The van der Waals surface area contributed by atoms with Gasteiger partial charge in [-0.25, -0.2) is 4.98 Å². The number of carbonyl (C=O) groups is 1. The molecule has 0 saturated carbocycles. The molecule has 0 aliphatic carbocycles. The molecule has 2 aromatic heterocycles. The lowest BCUT2D eigenvalue weighted by Gasteiger charge is -2.23. The van der Waals surface area contributed by atoms with E-state index in [0.29, 0.717) is 34.0 Å². The molecule has 3 heterocycles. The maximum atomic E-state index is 13.9. The SMILES string of the molecule is CCCCCOc1cccc(C2c3c(oc4cc(C)c(C)cc4c3=O)C(=O)N2c2nc(C)c(C)s2)c1. The van der Waals surface area contributed by atoms with E-state index >= 15 is 0 Å². The molecule has 6 nitrogen and oxygen atoms in total. The molecule has 0 radical (unpaired) electrons. The number of aromatic nitrogens is 1. The summed E-state index contributed by atoms with van der Waals surface area (Å²) in [5.41, 5.74) is 4.25. The molecule has 0 N–H and O–H groups in total. The van der Waals surface area contributed by atoms with Crippen molar-refractivity contribution in [1.29, 1.82) is 0 Å². The quantitative estimate of drug-likeness (QED) is 0.260. The Hall–Kier alpha value is -3.45. The Labute approximate surface area is 214 Å². The van der Waals surface area contributed by atoms with Gasteiger partial charge in [-0.2, -0.15) is 0 Å². The highest BCUT2D eigenvalue weighted by atomic mass is 32.1. The summed E-state index contributed by atoms with van der Waals surface area (Å²) >= 11 is 1.44. The van der Waals surface area contributed by atoms with E-state index in [9.17, 15) is 9.59 Å². The van der Waals surface area contributed by atoms with Crippen LogP contribution >= 0.6 is 11.3 Å². The molecule has 186 valence electrons. The van der Waals surface area contributed by atoms with Gasteiger partial charge in [0.15, 0.2) is 10.6 Å². The second kappa shape index (κ2) is 9.54. The average molecular weight is 503 g/mol. The molecule has 5 rings (SSSR count). The molecule has 1 aliphatic rings. The van der Waals surface area contributed by atoms with Crippen LogP contribution < -0.4 is 15.1 Å². The van der Waals surface area contributed by atoms with E-state index < -0.39 is 6.04 Å². The fraction of sp³-hybridized carbons (Fsp3) is 0.345. The summed E-state index contributed by atoms with van der Waals surface area (Å²) in [4.78, 5) is 35.0. The highest BCUT2D eigenvalue weighted by Crippen LogP contribution is 2.43. The molecule has 1 atom stereocenters. The van der Waals surface area contributed by atoms with Crippen LogP contribution in [0.15, 0.2) is 45.6 Å². The van der Waals surface area contributed by atoms with Crippen molar-refractivity contribution in [1.82, 2.24) is 4.98 Å². The van der Waals surface area contributed by atoms with Crippen molar-refractivity contribution in [3.8, 4) is 5.75 Å². The third-order valence-corrected chi connectivity index (χ3v) is 7.97. The maximum absolute atomic E-state index is 13.9. The molecule has 1 aliphatic heterocycles. The van der Waals surface area contributed by atoms with Gasteiger partial charge in [0.1, 0.15) is 11.3 Å². The third kappa shape index (κ3) is 4.11. The fourth-order valence-electron chi connectivity index (χ4n) is 4.62. The average Bonchev–Trinajstić information content (AvgIpc) is 3.34. The third-order valence-electron chi connectivity index (χ3n) is 6.90. The summed E-state index contributed by atoms with van der Waals surface area (Å²) in [5, 5.41) is 1.03. The van der Waals surface area contributed by atoms with Gasteiger partial charge >= 0.3 is 0 Å². The van der Waals surface area contributed by atoms with Crippen molar-refractivity contribution >= 4 is 33.3 Å². The molecule has 2 aromatic carbocycles. The Morgan fingerprint density at radius 3 is 2.56 bits per heavy atom. The molecular weight excluding hydrogens is 472 g/mol. The van der Waals surface area contributed by atoms with Crippen molar-refractivity contribution in [2.45, 2.75) is 59.9 Å². The number of anilines is 1. The summed E-state index contributed by atoms with van der Waals surface area (Å²) in [5.74, 6) is 0.448. The molecule has 1 unspecified atom stereocenters. The summed E-state index contributed by atoms with van der Waals surface area (Å²) in [6, 6.07) is 10.7. The lowest BCUT2D eigenvalue weighted by atomic mass is 9.97. The first-order valence-electron chi connectivity index (χ1n) is 12.4. The van der Waals surface area contributed by atoms with Crippen LogP contribution in [0.1, 0.15) is 75.6 Å². The first-order chi connectivity index (χ1) is 17.3. The van der Waals surface area contributed by atoms with E-state index in [4.69, 9.17) is 9.15 Å². The van der Waals surface area contributed by atoms with Crippen molar-refractivity contribution < 1.29 is 13.9 Å². The molecule has 36 heavy (non-hydrogen) atoms.